The Morgan fingerprint density at radius 1 is 1.43 bits per heavy atom. The zero-order valence-electron chi connectivity index (χ0n) is 11.2. The zero-order chi connectivity index (χ0) is 15.6. The van der Waals surface area contributed by atoms with Crippen LogP contribution in [0.4, 0.5) is 13.2 Å². The third kappa shape index (κ3) is 3.29. The maximum absolute atomic E-state index is 12.7. The first-order valence-electron chi connectivity index (χ1n) is 6.25. The van der Waals surface area contributed by atoms with Crippen LogP contribution in [-0.4, -0.2) is 22.0 Å². The maximum Gasteiger partial charge on any atom is 0.416 e. The van der Waals surface area contributed by atoms with E-state index >= 15 is 0 Å². The Morgan fingerprint density at radius 3 is 2.71 bits per heavy atom. The van der Waals surface area contributed by atoms with Crippen molar-refractivity contribution in [3.63, 3.8) is 0 Å². The highest BCUT2D eigenvalue weighted by Crippen LogP contribution is 2.31. The smallest absolute Gasteiger partial charge is 0.355 e. The minimum atomic E-state index is -4.43. The van der Waals surface area contributed by atoms with E-state index in [9.17, 15) is 18.0 Å². The average Bonchev–Trinajstić information content (AvgIpc) is 2.75. The topological polar surface area (TPSA) is 46.9 Å². The fourth-order valence-corrected chi connectivity index (χ4v) is 2.24. The Kier molecular flexibility index (Phi) is 4.41. The van der Waals surface area contributed by atoms with Gasteiger partial charge in [0.1, 0.15) is 12.4 Å². The summed E-state index contributed by atoms with van der Waals surface area (Å²) in [6, 6.07) is 3.23. The predicted octanol–water partition coefficient (Wildman–Crippen LogP) is 2.93. The highest BCUT2D eigenvalue weighted by atomic mass is 35.5. The molecule has 0 aliphatic heterocycles. The number of fused-ring (bicyclic) bond motifs is 1. The first kappa shape index (κ1) is 15.6. The molecular formula is C13H13ClF3N3O. The van der Waals surface area contributed by atoms with E-state index in [1.807, 2.05) is 0 Å². The molecule has 0 aliphatic carbocycles. The number of imidazole rings is 1. The third-order valence-corrected chi connectivity index (χ3v) is 3.19. The van der Waals surface area contributed by atoms with Gasteiger partial charge in [-0.1, -0.05) is 0 Å². The lowest BCUT2D eigenvalue weighted by Gasteiger charge is -2.08. The van der Waals surface area contributed by atoms with Crippen LogP contribution in [0.2, 0.25) is 0 Å². The molecular weight excluding hydrogens is 307 g/mol. The zero-order valence-corrected chi connectivity index (χ0v) is 11.9. The van der Waals surface area contributed by atoms with Crippen molar-refractivity contribution in [2.75, 3.05) is 6.54 Å². The highest BCUT2D eigenvalue weighted by Gasteiger charge is 2.31. The van der Waals surface area contributed by atoms with Gasteiger partial charge in [0.05, 0.1) is 22.5 Å². The number of halogens is 4. The summed E-state index contributed by atoms with van der Waals surface area (Å²) in [5, 5.41) is 2.62. The number of hydrogen-bond acceptors (Lipinski definition) is 2. The van der Waals surface area contributed by atoms with Crippen LogP contribution < -0.4 is 5.32 Å². The van der Waals surface area contributed by atoms with E-state index in [0.29, 0.717) is 17.9 Å². The van der Waals surface area contributed by atoms with Gasteiger partial charge in [-0.25, -0.2) is 4.98 Å². The van der Waals surface area contributed by atoms with E-state index < -0.39 is 11.7 Å². The summed E-state index contributed by atoms with van der Waals surface area (Å²) in [5.41, 5.74) is -0.159. The predicted molar refractivity (Wildman–Crippen MR) is 73.0 cm³/mol. The number of benzene rings is 1. The first-order chi connectivity index (χ1) is 9.86. The second-order valence-electron chi connectivity index (χ2n) is 4.40. The van der Waals surface area contributed by atoms with Gasteiger partial charge in [0, 0.05) is 6.54 Å². The van der Waals surface area contributed by atoms with Gasteiger partial charge in [-0.3, -0.25) is 4.79 Å². The molecule has 1 amide bonds. The van der Waals surface area contributed by atoms with E-state index in [1.54, 1.807) is 6.92 Å². The first-order valence-corrected chi connectivity index (χ1v) is 6.79. The molecule has 0 radical (unpaired) electrons. The van der Waals surface area contributed by atoms with Gasteiger partial charge < -0.3 is 9.88 Å². The summed E-state index contributed by atoms with van der Waals surface area (Å²) in [7, 11) is 0. The van der Waals surface area contributed by atoms with E-state index in [4.69, 9.17) is 11.6 Å². The summed E-state index contributed by atoms with van der Waals surface area (Å²) in [6.45, 7) is 2.22. The Labute approximate surface area is 123 Å². The van der Waals surface area contributed by atoms with Crippen LogP contribution in [0.25, 0.3) is 11.0 Å². The van der Waals surface area contributed by atoms with Crippen LogP contribution in [-0.2, 0) is 23.4 Å². The number of hydrogen-bond donors (Lipinski definition) is 1. The van der Waals surface area contributed by atoms with Gasteiger partial charge in [0.25, 0.3) is 0 Å². The molecule has 0 fully saturated rings. The van der Waals surface area contributed by atoms with E-state index in [1.165, 1.54) is 10.6 Å². The molecule has 1 aromatic carbocycles. The van der Waals surface area contributed by atoms with Crippen molar-refractivity contribution in [2.24, 2.45) is 0 Å². The minimum Gasteiger partial charge on any atom is -0.355 e. The van der Waals surface area contributed by atoms with Gasteiger partial charge in [0.15, 0.2) is 0 Å². The molecule has 2 aromatic rings. The van der Waals surface area contributed by atoms with E-state index in [-0.39, 0.29) is 23.8 Å². The van der Waals surface area contributed by atoms with Crippen molar-refractivity contribution < 1.29 is 18.0 Å². The molecule has 0 atom stereocenters. The molecule has 114 valence electrons. The van der Waals surface area contributed by atoms with Gasteiger partial charge in [-0.2, -0.15) is 13.2 Å². The average molecular weight is 320 g/mol. The van der Waals surface area contributed by atoms with Gasteiger partial charge in [0.2, 0.25) is 5.91 Å². The SMILES string of the molecule is CCNC(=O)Cn1c(CCl)nc2cc(C(F)(F)F)ccc21. The second-order valence-corrected chi connectivity index (χ2v) is 4.67. The van der Waals surface area contributed by atoms with Gasteiger partial charge in [-0.05, 0) is 25.1 Å². The standard InChI is InChI=1S/C13H13ClF3N3O/c1-2-18-12(21)7-20-10-4-3-8(13(15,16)17)5-9(10)19-11(20)6-14/h3-5H,2,6-7H2,1H3,(H,18,21). The third-order valence-electron chi connectivity index (χ3n) is 2.95. The summed E-state index contributed by atoms with van der Waals surface area (Å²) < 4.78 is 39.6. The molecule has 0 unspecified atom stereocenters. The summed E-state index contributed by atoms with van der Waals surface area (Å²) in [6.07, 6.45) is -4.43. The minimum absolute atomic E-state index is 0.00936. The Morgan fingerprint density at radius 2 is 2.14 bits per heavy atom. The van der Waals surface area contributed by atoms with E-state index in [0.717, 1.165) is 12.1 Å². The molecule has 1 aromatic heterocycles. The van der Waals surface area contributed by atoms with Crippen LogP contribution in [0, 0.1) is 0 Å². The maximum atomic E-state index is 12.7. The van der Waals surface area contributed by atoms with Crippen molar-refractivity contribution in [2.45, 2.75) is 25.5 Å². The Hall–Kier alpha value is -1.76. The van der Waals surface area contributed by atoms with Crippen molar-refractivity contribution in [3.8, 4) is 0 Å². The number of rotatable bonds is 4. The number of likely N-dealkylation sites (N-methyl/N-ethyl adjacent to an activating group) is 1. The monoisotopic (exact) mass is 319 g/mol. The fourth-order valence-electron chi connectivity index (χ4n) is 2.03. The number of nitrogens with one attached hydrogen (secondary N) is 1. The fraction of sp³-hybridized carbons (Fsp3) is 0.385. The van der Waals surface area contributed by atoms with Crippen LogP contribution >= 0.6 is 11.6 Å². The molecule has 0 saturated carbocycles. The van der Waals surface area contributed by atoms with E-state index in [2.05, 4.69) is 10.3 Å². The molecule has 0 aliphatic rings. The molecule has 4 nitrogen and oxygen atoms in total. The second kappa shape index (κ2) is 5.93. The number of alkyl halides is 4. The molecule has 1 heterocycles. The lowest BCUT2D eigenvalue weighted by molar-refractivity contribution is -0.137. The largest absolute Gasteiger partial charge is 0.416 e. The highest BCUT2D eigenvalue weighted by molar-refractivity contribution is 6.16. The van der Waals surface area contributed by atoms with Crippen LogP contribution in [0.1, 0.15) is 18.3 Å². The number of nitrogens with zero attached hydrogens (tertiary/aromatic N) is 2. The van der Waals surface area contributed by atoms with Crippen molar-refractivity contribution in [3.05, 3.63) is 29.6 Å². The summed E-state index contributed by atoms with van der Waals surface area (Å²) in [5.74, 6) is 0.121. The van der Waals surface area contributed by atoms with Crippen molar-refractivity contribution in [1.82, 2.24) is 14.9 Å². The molecule has 0 bridgehead atoms. The lowest BCUT2D eigenvalue weighted by atomic mass is 10.2. The van der Waals surface area contributed by atoms with Crippen LogP contribution in [0.3, 0.4) is 0 Å². The Bertz CT molecular complexity index is 666. The van der Waals surface area contributed by atoms with Crippen molar-refractivity contribution in [1.29, 1.82) is 0 Å². The number of amides is 1. The summed E-state index contributed by atoms with van der Waals surface area (Å²) >= 11 is 5.76. The lowest BCUT2D eigenvalue weighted by Crippen LogP contribution is -2.27. The van der Waals surface area contributed by atoms with Gasteiger partial charge in [-0.15, -0.1) is 11.6 Å². The number of carbonyl (C=O) groups excluding carboxylic acids is 1. The van der Waals surface area contributed by atoms with Crippen LogP contribution in [0.5, 0.6) is 0 Å². The molecule has 8 heteroatoms. The number of carbonyl (C=O) groups is 1. The Balaban J connectivity index is 2.47. The molecule has 2 rings (SSSR count). The molecule has 1 N–H and O–H groups in total. The van der Waals surface area contributed by atoms with Crippen molar-refractivity contribution >= 4 is 28.5 Å². The number of aromatic nitrogens is 2. The summed E-state index contributed by atoms with van der Waals surface area (Å²) in [4.78, 5) is 15.7. The quantitative estimate of drug-likeness (QED) is 0.881. The van der Waals surface area contributed by atoms with Gasteiger partial charge >= 0.3 is 6.18 Å². The van der Waals surface area contributed by atoms with Crippen LogP contribution in [0.15, 0.2) is 18.2 Å². The molecule has 0 saturated heterocycles. The molecule has 0 spiro atoms. The molecule has 21 heavy (non-hydrogen) atoms. The normalized spacial score (nSPS) is 11.9.